The summed E-state index contributed by atoms with van der Waals surface area (Å²) in [6.07, 6.45) is 0.156. The highest BCUT2D eigenvalue weighted by Gasteiger charge is 2.35. The van der Waals surface area contributed by atoms with Crippen molar-refractivity contribution in [2.75, 3.05) is 10.8 Å². The van der Waals surface area contributed by atoms with Crippen molar-refractivity contribution in [1.82, 2.24) is 10.2 Å². The Morgan fingerprint density at radius 3 is 2.07 bits per heavy atom. The first-order valence-corrected chi connectivity index (χ1v) is 16.1. The van der Waals surface area contributed by atoms with E-state index in [1.165, 1.54) is 23.1 Å². The molecule has 0 radical (unpaired) electrons. The van der Waals surface area contributed by atoms with Gasteiger partial charge in [-0.05, 0) is 61.4 Å². The topological polar surface area (TPSA) is 86.8 Å². The molecule has 0 unspecified atom stereocenters. The fourth-order valence-electron chi connectivity index (χ4n) is 4.63. The van der Waals surface area contributed by atoms with Crippen LogP contribution in [0.2, 0.25) is 10.0 Å². The van der Waals surface area contributed by atoms with Gasteiger partial charge in [-0.1, -0.05) is 89.9 Å². The number of hydrogen-bond acceptors (Lipinski definition) is 4. The maximum absolute atomic E-state index is 14.4. The molecule has 0 heterocycles. The zero-order chi connectivity index (χ0) is 31.9. The molecule has 2 amide bonds. The Balaban J connectivity index is 1.82. The molecule has 4 aromatic rings. The monoisotopic (exact) mass is 655 g/mol. The fraction of sp³-hybridized carbons (Fsp3) is 0.212. The van der Waals surface area contributed by atoms with Crippen LogP contribution in [0.25, 0.3) is 0 Å². The van der Waals surface area contributed by atoms with Crippen LogP contribution in [0.5, 0.6) is 0 Å². The highest BCUT2D eigenvalue weighted by atomic mass is 35.5. The van der Waals surface area contributed by atoms with Gasteiger partial charge in [0, 0.05) is 24.0 Å². The first-order valence-electron chi connectivity index (χ1n) is 13.9. The summed E-state index contributed by atoms with van der Waals surface area (Å²) >= 11 is 12.5. The van der Waals surface area contributed by atoms with Gasteiger partial charge >= 0.3 is 0 Å². The van der Waals surface area contributed by atoms with E-state index in [0.29, 0.717) is 10.6 Å². The Bertz CT molecular complexity index is 1710. The van der Waals surface area contributed by atoms with Gasteiger partial charge in [-0.2, -0.15) is 0 Å². The number of rotatable bonds is 12. The van der Waals surface area contributed by atoms with E-state index < -0.39 is 40.2 Å². The molecular weight excluding hydrogens is 624 g/mol. The molecule has 0 saturated heterocycles. The summed E-state index contributed by atoms with van der Waals surface area (Å²) in [4.78, 5) is 29.3. The number of nitrogens with zero attached hydrogens (tertiary/aromatic N) is 2. The molecule has 0 spiro atoms. The zero-order valence-corrected chi connectivity index (χ0v) is 26.5. The van der Waals surface area contributed by atoms with Crippen LogP contribution >= 0.6 is 23.2 Å². The first kappa shape index (κ1) is 33.0. The number of carbonyl (C=O) groups is 2. The number of halogens is 3. The molecule has 1 atom stereocenters. The summed E-state index contributed by atoms with van der Waals surface area (Å²) in [7, 11) is -4.34. The third-order valence-electron chi connectivity index (χ3n) is 6.80. The minimum Gasteiger partial charge on any atom is -0.352 e. The molecule has 44 heavy (non-hydrogen) atoms. The van der Waals surface area contributed by atoms with Gasteiger partial charge in [0.1, 0.15) is 18.4 Å². The summed E-state index contributed by atoms with van der Waals surface area (Å²) in [5, 5.41) is 2.97. The molecule has 0 aliphatic carbocycles. The lowest BCUT2D eigenvalue weighted by Crippen LogP contribution is -2.54. The lowest BCUT2D eigenvalue weighted by atomic mass is 10.0. The number of anilines is 1. The Morgan fingerprint density at radius 2 is 1.45 bits per heavy atom. The summed E-state index contributed by atoms with van der Waals surface area (Å²) in [5.41, 5.74) is 1.35. The van der Waals surface area contributed by atoms with Crippen molar-refractivity contribution in [2.45, 2.75) is 43.8 Å². The van der Waals surface area contributed by atoms with E-state index in [0.717, 1.165) is 22.0 Å². The van der Waals surface area contributed by atoms with Gasteiger partial charge in [0.2, 0.25) is 11.8 Å². The van der Waals surface area contributed by atoms with Crippen LogP contribution in [0.15, 0.2) is 108 Å². The quantitative estimate of drug-likeness (QED) is 0.189. The average Bonchev–Trinajstić information content (AvgIpc) is 3.00. The van der Waals surface area contributed by atoms with Crippen molar-refractivity contribution in [3.63, 3.8) is 0 Å². The third-order valence-corrected chi connectivity index (χ3v) is 9.25. The Labute approximate surface area is 267 Å². The number of nitrogens with one attached hydrogen (secondary N) is 1. The van der Waals surface area contributed by atoms with Gasteiger partial charge < -0.3 is 10.2 Å². The van der Waals surface area contributed by atoms with Crippen molar-refractivity contribution >= 4 is 50.7 Å². The van der Waals surface area contributed by atoms with E-state index in [4.69, 9.17) is 23.2 Å². The summed E-state index contributed by atoms with van der Waals surface area (Å²) in [5.74, 6) is -1.83. The number of benzene rings is 4. The molecule has 0 fully saturated rings. The van der Waals surface area contributed by atoms with Crippen LogP contribution in [0, 0.1) is 5.82 Å². The van der Waals surface area contributed by atoms with Gasteiger partial charge in [-0.15, -0.1) is 0 Å². The van der Waals surface area contributed by atoms with Crippen LogP contribution in [-0.2, 0) is 32.6 Å². The predicted octanol–water partition coefficient (Wildman–Crippen LogP) is 6.49. The fourth-order valence-corrected chi connectivity index (χ4v) is 6.43. The van der Waals surface area contributed by atoms with E-state index in [1.807, 2.05) is 44.2 Å². The van der Waals surface area contributed by atoms with Gasteiger partial charge in [0.05, 0.1) is 15.6 Å². The Hall–Kier alpha value is -3.92. The molecule has 1 N–H and O–H groups in total. The second kappa shape index (κ2) is 14.7. The Kier molecular flexibility index (Phi) is 11.0. The Morgan fingerprint density at radius 1 is 0.841 bits per heavy atom. The normalized spacial score (nSPS) is 12.0. The number of sulfonamides is 1. The smallest absolute Gasteiger partial charge is 0.264 e. The van der Waals surface area contributed by atoms with Crippen LogP contribution in [-0.4, -0.2) is 43.8 Å². The molecule has 0 aliphatic heterocycles. The van der Waals surface area contributed by atoms with Gasteiger partial charge in [-0.3, -0.25) is 13.9 Å². The molecule has 230 valence electrons. The number of hydrogen-bond donors (Lipinski definition) is 1. The standard InChI is InChI=1S/C33H32Cl2FN3O4S/c1-23(2)37-33(41)31(19-24-11-5-3-6-12-24)38(21-25-13-9-10-16-28(25)34)32(40)22-39(26-17-18-30(36)29(35)20-26)44(42,43)27-14-7-4-8-15-27/h3-18,20,23,31H,19,21-22H2,1-2H3,(H,37,41)/t31-/m0/s1. The number of carbonyl (C=O) groups excluding carboxylic acids is 2. The second-order valence-corrected chi connectivity index (χ2v) is 13.1. The molecule has 4 aromatic carbocycles. The molecule has 7 nitrogen and oxygen atoms in total. The molecule has 0 aromatic heterocycles. The molecule has 0 bridgehead atoms. The maximum atomic E-state index is 14.4. The van der Waals surface area contributed by atoms with Crippen LogP contribution in [0.1, 0.15) is 25.0 Å². The first-order chi connectivity index (χ1) is 21.0. The number of amides is 2. The largest absolute Gasteiger partial charge is 0.352 e. The van der Waals surface area contributed by atoms with E-state index >= 15 is 0 Å². The second-order valence-electron chi connectivity index (χ2n) is 10.4. The minimum atomic E-state index is -4.34. The lowest BCUT2D eigenvalue weighted by molar-refractivity contribution is -0.140. The van der Waals surface area contributed by atoms with E-state index in [9.17, 15) is 22.4 Å². The van der Waals surface area contributed by atoms with Crippen molar-refractivity contribution < 1.29 is 22.4 Å². The van der Waals surface area contributed by atoms with Crippen LogP contribution < -0.4 is 9.62 Å². The van der Waals surface area contributed by atoms with Gasteiger partial charge in [0.15, 0.2) is 0 Å². The summed E-state index contributed by atoms with van der Waals surface area (Å²) < 4.78 is 42.9. The van der Waals surface area contributed by atoms with Gasteiger partial charge in [-0.25, -0.2) is 12.8 Å². The van der Waals surface area contributed by atoms with Crippen molar-refractivity contribution in [2.24, 2.45) is 0 Å². The molecule has 11 heteroatoms. The molecule has 4 rings (SSSR count). The van der Waals surface area contributed by atoms with Crippen molar-refractivity contribution in [1.29, 1.82) is 0 Å². The SMILES string of the molecule is CC(C)NC(=O)[C@H](Cc1ccccc1)N(Cc1ccccc1Cl)C(=O)CN(c1ccc(F)c(Cl)c1)S(=O)(=O)c1ccccc1. The summed E-state index contributed by atoms with van der Waals surface area (Å²) in [6.45, 7) is 2.84. The zero-order valence-electron chi connectivity index (χ0n) is 24.2. The van der Waals surface area contributed by atoms with E-state index in [2.05, 4.69) is 5.32 Å². The van der Waals surface area contributed by atoms with Gasteiger partial charge in [0.25, 0.3) is 10.0 Å². The average molecular weight is 657 g/mol. The summed E-state index contributed by atoms with van der Waals surface area (Å²) in [6, 6.07) is 25.9. The van der Waals surface area contributed by atoms with Crippen LogP contribution in [0.3, 0.4) is 0 Å². The molecule has 0 saturated carbocycles. The predicted molar refractivity (Wildman–Crippen MR) is 172 cm³/mol. The minimum absolute atomic E-state index is 0.0162. The van der Waals surface area contributed by atoms with E-state index in [1.54, 1.807) is 42.5 Å². The highest BCUT2D eigenvalue weighted by molar-refractivity contribution is 7.92. The van der Waals surface area contributed by atoms with Crippen molar-refractivity contribution in [3.8, 4) is 0 Å². The maximum Gasteiger partial charge on any atom is 0.264 e. The van der Waals surface area contributed by atoms with Crippen LogP contribution in [0.4, 0.5) is 10.1 Å². The van der Waals surface area contributed by atoms with Crippen molar-refractivity contribution in [3.05, 3.63) is 130 Å². The molecule has 0 aliphatic rings. The van der Waals surface area contributed by atoms with E-state index in [-0.39, 0.29) is 34.6 Å². The highest BCUT2D eigenvalue weighted by Crippen LogP contribution is 2.29. The third kappa shape index (κ3) is 8.16. The molecular formula is C33H32Cl2FN3O4S. The lowest BCUT2D eigenvalue weighted by Gasteiger charge is -2.34.